The first kappa shape index (κ1) is 20.6. The molecular weight excluding hydrogens is 416 g/mol. The highest BCUT2D eigenvalue weighted by atomic mass is 32.2. The van der Waals surface area contributed by atoms with E-state index in [4.69, 9.17) is 4.74 Å². The van der Waals surface area contributed by atoms with E-state index in [1.807, 2.05) is 0 Å². The number of nitrogens with zero attached hydrogens (tertiary/aromatic N) is 1. The number of carbonyl (C=O) groups excluding carboxylic acids is 2. The molecule has 0 saturated heterocycles. The van der Waals surface area contributed by atoms with Crippen molar-refractivity contribution in [2.45, 2.75) is 17.9 Å². The number of benzene rings is 3. The summed E-state index contributed by atoms with van der Waals surface area (Å²) in [6.45, 7) is 1.25. The molecule has 1 aliphatic heterocycles. The standard InChI is InChI=1S/C23H20N2O5S/c1-16(26)17-8-7-9-18(14-17)24-23(27)22-15-25(20-12-5-6-13-21(20)30-22)31(28,29)19-10-3-2-4-11-19/h2-14,22H,15H2,1H3,(H,24,27)/t22-/m1/s1. The van der Waals surface area contributed by atoms with Crippen molar-refractivity contribution < 1.29 is 22.7 Å². The van der Waals surface area contributed by atoms with Gasteiger partial charge in [-0.05, 0) is 43.3 Å². The van der Waals surface area contributed by atoms with Gasteiger partial charge in [0.05, 0.1) is 17.1 Å². The number of amides is 1. The van der Waals surface area contributed by atoms with Crippen LogP contribution in [-0.4, -0.2) is 32.8 Å². The van der Waals surface area contributed by atoms with Crippen molar-refractivity contribution in [2.75, 3.05) is 16.2 Å². The predicted octanol–water partition coefficient (Wildman–Crippen LogP) is 3.48. The second-order valence-electron chi connectivity index (χ2n) is 7.05. The quantitative estimate of drug-likeness (QED) is 0.618. The van der Waals surface area contributed by atoms with Crippen molar-refractivity contribution in [1.29, 1.82) is 0 Å². The fourth-order valence-electron chi connectivity index (χ4n) is 3.32. The Kier molecular flexibility index (Phi) is 5.48. The van der Waals surface area contributed by atoms with E-state index < -0.39 is 22.0 Å². The number of para-hydroxylation sites is 2. The summed E-state index contributed by atoms with van der Waals surface area (Å²) in [4.78, 5) is 24.6. The molecule has 0 aliphatic carbocycles. The monoisotopic (exact) mass is 436 g/mol. The number of fused-ring (bicyclic) bond motifs is 1. The van der Waals surface area contributed by atoms with Crippen molar-refractivity contribution in [3.05, 3.63) is 84.4 Å². The average molecular weight is 436 g/mol. The lowest BCUT2D eigenvalue weighted by Gasteiger charge is -2.34. The molecular formula is C23H20N2O5S. The van der Waals surface area contributed by atoms with Crippen LogP contribution in [0.2, 0.25) is 0 Å². The van der Waals surface area contributed by atoms with Gasteiger partial charge in [0.25, 0.3) is 15.9 Å². The molecule has 0 bridgehead atoms. The van der Waals surface area contributed by atoms with Gasteiger partial charge in [0, 0.05) is 11.3 Å². The maximum absolute atomic E-state index is 13.3. The summed E-state index contributed by atoms with van der Waals surface area (Å²) in [6.07, 6.45) is -1.07. The molecule has 0 spiro atoms. The van der Waals surface area contributed by atoms with Crippen LogP contribution in [0.3, 0.4) is 0 Å². The minimum atomic E-state index is -3.90. The van der Waals surface area contributed by atoms with Gasteiger partial charge in [-0.15, -0.1) is 0 Å². The van der Waals surface area contributed by atoms with Crippen LogP contribution in [0, 0.1) is 0 Å². The first-order valence-corrected chi connectivity index (χ1v) is 11.1. The second-order valence-corrected chi connectivity index (χ2v) is 8.91. The summed E-state index contributed by atoms with van der Waals surface area (Å²) in [6, 6.07) is 21.3. The van der Waals surface area contributed by atoms with Gasteiger partial charge in [-0.25, -0.2) is 8.42 Å². The molecule has 1 aliphatic rings. The molecule has 1 heterocycles. The molecule has 3 aromatic rings. The van der Waals surface area contributed by atoms with Crippen molar-refractivity contribution >= 4 is 33.1 Å². The highest BCUT2D eigenvalue weighted by Crippen LogP contribution is 2.36. The van der Waals surface area contributed by atoms with Crippen LogP contribution in [0.4, 0.5) is 11.4 Å². The van der Waals surface area contributed by atoms with E-state index in [9.17, 15) is 18.0 Å². The van der Waals surface area contributed by atoms with E-state index >= 15 is 0 Å². The molecule has 0 fully saturated rings. The van der Waals surface area contributed by atoms with Crippen molar-refractivity contribution in [3.8, 4) is 5.75 Å². The molecule has 0 aromatic heterocycles. The van der Waals surface area contributed by atoms with Gasteiger partial charge in [-0.1, -0.05) is 42.5 Å². The van der Waals surface area contributed by atoms with E-state index in [0.717, 1.165) is 0 Å². The molecule has 0 unspecified atom stereocenters. The van der Waals surface area contributed by atoms with Crippen LogP contribution in [0.15, 0.2) is 83.8 Å². The number of ketones is 1. The number of anilines is 2. The molecule has 1 atom stereocenters. The zero-order valence-electron chi connectivity index (χ0n) is 16.7. The zero-order chi connectivity index (χ0) is 22.0. The third kappa shape index (κ3) is 4.15. The van der Waals surface area contributed by atoms with Gasteiger partial charge in [0.1, 0.15) is 5.75 Å². The van der Waals surface area contributed by atoms with Gasteiger partial charge in [-0.2, -0.15) is 0 Å². The second kappa shape index (κ2) is 8.23. The lowest BCUT2D eigenvalue weighted by molar-refractivity contribution is -0.122. The van der Waals surface area contributed by atoms with Gasteiger partial charge >= 0.3 is 0 Å². The Hall–Kier alpha value is -3.65. The summed E-state index contributed by atoms with van der Waals surface area (Å²) in [5, 5.41) is 2.71. The van der Waals surface area contributed by atoms with Crippen LogP contribution >= 0.6 is 0 Å². The Morgan fingerprint density at radius 3 is 2.42 bits per heavy atom. The molecule has 0 radical (unpaired) electrons. The highest BCUT2D eigenvalue weighted by molar-refractivity contribution is 7.92. The maximum atomic E-state index is 13.3. The van der Waals surface area contributed by atoms with Crippen molar-refractivity contribution in [3.63, 3.8) is 0 Å². The summed E-state index contributed by atoms with van der Waals surface area (Å²) in [7, 11) is -3.90. The largest absolute Gasteiger partial charge is 0.476 e. The number of hydrogen-bond acceptors (Lipinski definition) is 5. The van der Waals surface area contributed by atoms with Gasteiger partial charge < -0.3 is 10.1 Å². The fourth-order valence-corrected chi connectivity index (χ4v) is 4.82. The highest BCUT2D eigenvalue weighted by Gasteiger charge is 2.37. The number of sulfonamides is 1. The first-order valence-electron chi connectivity index (χ1n) is 9.61. The molecule has 1 amide bonds. The normalized spacial score (nSPS) is 15.5. The van der Waals surface area contributed by atoms with Crippen LogP contribution < -0.4 is 14.4 Å². The van der Waals surface area contributed by atoms with Crippen LogP contribution in [0.25, 0.3) is 0 Å². The summed E-state index contributed by atoms with van der Waals surface area (Å²) in [5.74, 6) is -0.339. The summed E-state index contributed by atoms with van der Waals surface area (Å²) >= 11 is 0. The number of carbonyl (C=O) groups is 2. The number of ether oxygens (including phenoxy) is 1. The van der Waals surface area contributed by atoms with Gasteiger partial charge in [0.15, 0.2) is 11.9 Å². The average Bonchev–Trinajstić information content (AvgIpc) is 2.79. The smallest absolute Gasteiger partial charge is 0.267 e. The molecule has 7 nitrogen and oxygen atoms in total. The van der Waals surface area contributed by atoms with Gasteiger partial charge in [0.2, 0.25) is 0 Å². The number of rotatable bonds is 5. The topological polar surface area (TPSA) is 92.8 Å². The Morgan fingerprint density at radius 2 is 1.68 bits per heavy atom. The van der Waals surface area contributed by atoms with E-state index in [2.05, 4.69) is 5.32 Å². The van der Waals surface area contributed by atoms with E-state index in [-0.39, 0.29) is 17.2 Å². The number of Topliss-reactive ketones (excluding diaryl/α,β-unsaturated/α-hetero) is 1. The van der Waals surface area contributed by atoms with Crippen molar-refractivity contribution in [2.24, 2.45) is 0 Å². The third-order valence-corrected chi connectivity index (χ3v) is 6.69. The molecule has 3 aromatic carbocycles. The van der Waals surface area contributed by atoms with Crippen LogP contribution in [0.1, 0.15) is 17.3 Å². The number of hydrogen-bond donors (Lipinski definition) is 1. The molecule has 0 saturated carbocycles. The summed E-state index contributed by atoms with van der Waals surface area (Å²) < 4.78 is 33.6. The van der Waals surface area contributed by atoms with Gasteiger partial charge in [-0.3, -0.25) is 13.9 Å². The van der Waals surface area contributed by atoms with Crippen molar-refractivity contribution in [1.82, 2.24) is 0 Å². The molecule has 158 valence electrons. The third-order valence-electron chi connectivity index (χ3n) is 4.90. The Morgan fingerprint density at radius 1 is 0.968 bits per heavy atom. The molecule has 8 heteroatoms. The fraction of sp³-hybridized carbons (Fsp3) is 0.130. The zero-order valence-corrected chi connectivity index (χ0v) is 17.5. The van der Waals surface area contributed by atoms with E-state index in [0.29, 0.717) is 22.7 Å². The molecule has 1 N–H and O–H groups in total. The predicted molar refractivity (Wildman–Crippen MR) is 117 cm³/mol. The number of nitrogens with one attached hydrogen (secondary N) is 1. The van der Waals surface area contributed by atoms with Crippen LogP contribution in [-0.2, 0) is 14.8 Å². The van der Waals surface area contributed by atoms with Crippen LogP contribution in [0.5, 0.6) is 5.75 Å². The lowest BCUT2D eigenvalue weighted by atomic mass is 10.1. The molecule has 31 heavy (non-hydrogen) atoms. The maximum Gasteiger partial charge on any atom is 0.267 e. The summed E-state index contributed by atoms with van der Waals surface area (Å²) in [5.41, 5.74) is 1.26. The Bertz CT molecular complexity index is 1240. The Labute approximate surface area is 180 Å². The minimum absolute atomic E-state index is 0.125. The van der Waals surface area contributed by atoms with E-state index in [1.165, 1.54) is 23.4 Å². The SMILES string of the molecule is CC(=O)c1cccc(NC(=O)[C@H]2CN(S(=O)(=O)c3ccccc3)c3ccccc3O2)c1. The molecule has 4 rings (SSSR count). The van der Waals surface area contributed by atoms with E-state index in [1.54, 1.807) is 66.7 Å². The lowest BCUT2D eigenvalue weighted by Crippen LogP contribution is -2.48. The Balaban J connectivity index is 1.65. The minimum Gasteiger partial charge on any atom is -0.476 e. The first-order chi connectivity index (χ1) is 14.9.